The lowest BCUT2D eigenvalue weighted by Crippen LogP contribution is -2.37. The minimum absolute atomic E-state index is 0.254. The molecule has 1 atom stereocenters. The van der Waals surface area contributed by atoms with Crippen molar-refractivity contribution < 1.29 is 9.50 Å². The molecule has 4 nitrogen and oxygen atoms in total. The molecule has 0 bridgehead atoms. The van der Waals surface area contributed by atoms with Crippen LogP contribution in [0.2, 0.25) is 0 Å². The molecule has 1 aliphatic rings. The first kappa shape index (κ1) is 11.9. The van der Waals surface area contributed by atoms with Crippen LogP contribution in [0.3, 0.4) is 0 Å². The summed E-state index contributed by atoms with van der Waals surface area (Å²) in [5.41, 5.74) is 0.307. The number of aliphatic imine (C=N–C) groups is 1. The first-order valence-electron chi connectivity index (χ1n) is 5.60. The minimum Gasteiger partial charge on any atom is -0.386 e. The van der Waals surface area contributed by atoms with Gasteiger partial charge in [0.15, 0.2) is 5.96 Å². The molecule has 0 fully saturated rings. The zero-order valence-electron chi connectivity index (χ0n) is 9.73. The summed E-state index contributed by atoms with van der Waals surface area (Å²) in [4.78, 5) is 6.20. The van der Waals surface area contributed by atoms with Crippen molar-refractivity contribution in [3.05, 3.63) is 35.6 Å². The normalized spacial score (nSPS) is 16.9. The summed E-state index contributed by atoms with van der Waals surface area (Å²) in [6.07, 6.45) is -0.868. The first-order valence-corrected chi connectivity index (χ1v) is 5.60. The van der Waals surface area contributed by atoms with Crippen LogP contribution < -0.4 is 5.32 Å². The van der Waals surface area contributed by atoms with Gasteiger partial charge >= 0.3 is 0 Å². The Morgan fingerprint density at radius 2 is 2.29 bits per heavy atom. The Morgan fingerprint density at radius 3 is 2.94 bits per heavy atom. The van der Waals surface area contributed by atoms with Crippen LogP contribution in [0.5, 0.6) is 0 Å². The number of aliphatic hydroxyl groups excluding tert-OH is 1. The summed E-state index contributed by atoms with van der Waals surface area (Å²) < 4.78 is 13.4. The van der Waals surface area contributed by atoms with Crippen LogP contribution in [0.1, 0.15) is 11.7 Å². The van der Waals surface area contributed by atoms with Crippen molar-refractivity contribution in [3.8, 4) is 0 Å². The van der Waals surface area contributed by atoms with Gasteiger partial charge in [0.1, 0.15) is 5.82 Å². The highest BCUT2D eigenvalue weighted by Gasteiger charge is 2.16. The van der Waals surface area contributed by atoms with E-state index < -0.39 is 6.10 Å². The molecular formula is C12H16FN3O. The van der Waals surface area contributed by atoms with Gasteiger partial charge in [-0.1, -0.05) is 18.2 Å². The molecule has 5 heteroatoms. The lowest BCUT2D eigenvalue weighted by molar-refractivity contribution is 0.175. The number of guanidine groups is 1. The number of nitrogens with one attached hydrogen (secondary N) is 1. The third-order valence-corrected chi connectivity index (χ3v) is 2.78. The summed E-state index contributed by atoms with van der Waals surface area (Å²) in [5.74, 6) is 0.365. The summed E-state index contributed by atoms with van der Waals surface area (Å²) in [6.45, 7) is 1.89. The maximum Gasteiger partial charge on any atom is 0.193 e. The van der Waals surface area contributed by atoms with E-state index in [1.807, 2.05) is 11.9 Å². The molecule has 0 amide bonds. The van der Waals surface area contributed by atoms with Crippen LogP contribution in [0.15, 0.2) is 29.3 Å². The van der Waals surface area contributed by atoms with Crippen molar-refractivity contribution in [2.75, 3.05) is 26.7 Å². The van der Waals surface area contributed by atoms with E-state index in [0.29, 0.717) is 5.56 Å². The summed E-state index contributed by atoms with van der Waals surface area (Å²) in [5, 5.41) is 12.9. The quantitative estimate of drug-likeness (QED) is 0.815. The molecule has 1 aromatic carbocycles. The average molecular weight is 237 g/mol. The number of nitrogens with zero attached hydrogens (tertiary/aromatic N) is 2. The van der Waals surface area contributed by atoms with Crippen molar-refractivity contribution in [2.24, 2.45) is 4.99 Å². The fraction of sp³-hybridized carbons (Fsp3) is 0.417. The molecule has 17 heavy (non-hydrogen) atoms. The van der Waals surface area contributed by atoms with Crippen LogP contribution in [0, 0.1) is 5.82 Å². The largest absolute Gasteiger partial charge is 0.386 e. The van der Waals surface area contributed by atoms with E-state index in [4.69, 9.17) is 0 Å². The number of benzene rings is 1. The number of hydrogen-bond donors (Lipinski definition) is 2. The van der Waals surface area contributed by atoms with Gasteiger partial charge in [-0.2, -0.15) is 0 Å². The highest BCUT2D eigenvalue weighted by molar-refractivity contribution is 5.81. The SMILES string of the molecule is CN1CCN=C1NCC(O)c1ccccc1F. The van der Waals surface area contributed by atoms with E-state index in [2.05, 4.69) is 10.3 Å². The molecule has 1 heterocycles. The summed E-state index contributed by atoms with van der Waals surface area (Å²) >= 11 is 0. The molecule has 0 radical (unpaired) electrons. The number of aliphatic hydroxyl groups is 1. The number of rotatable bonds is 3. The molecule has 1 aromatic rings. The molecule has 0 saturated carbocycles. The first-order chi connectivity index (χ1) is 8.18. The van der Waals surface area contributed by atoms with E-state index >= 15 is 0 Å². The van der Waals surface area contributed by atoms with Gasteiger partial charge in [0.25, 0.3) is 0 Å². The van der Waals surface area contributed by atoms with Crippen LogP contribution in [-0.2, 0) is 0 Å². The van der Waals surface area contributed by atoms with Crippen molar-refractivity contribution >= 4 is 5.96 Å². The Kier molecular flexibility index (Phi) is 3.58. The Morgan fingerprint density at radius 1 is 1.53 bits per heavy atom. The Labute approximate surface area is 99.8 Å². The highest BCUT2D eigenvalue weighted by Crippen LogP contribution is 2.15. The Balaban J connectivity index is 1.94. The van der Waals surface area contributed by atoms with E-state index in [1.165, 1.54) is 6.07 Å². The third kappa shape index (κ3) is 2.74. The predicted molar refractivity (Wildman–Crippen MR) is 64.3 cm³/mol. The zero-order valence-corrected chi connectivity index (χ0v) is 9.73. The molecule has 0 aromatic heterocycles. The van der Waals surface area contributed by atoms with Crippen LogP contribution in [0.4, 0.5) is 4.39 Å². The van der Waals surface area contributed by atoms with Gasteiger partial charge in [0, 0.05) is 25.7 Å². The van der Waals surface area contributed by atoms with Gasteiger partial charge < -0.3 is 15.3 Å². The van der Waals surface area contributed by atoms with E-state index in [-0.39, 0.29) is 12.4 Å². The topological polar surface area (TPSA) is 47.9 Å². The average Bonchev–Trinajstić information content (AvgIpc) is 2.72. The molecule has 92 valence electrons. The zero-order chi connectivity index (χ0) is 12.3. The lowest BCUT2D eigenvalue weighted by atomic mass is 10.1. The van der Waals surface area contributed by atoms with E-state index in [1.54, 1.807) is 18.2 Å². The maximum atomic E-state index is 13.4. The van der Waals surface area contributed by atoms with E-state index in [9.17, 15) is 9.50 Å². The summed E-state index contributed by atoms with van der Waals surface area (Å²) in [7, 11) is 1.92. The van der Waals surface area contributed by atoms with Crippen molar-refractivity contribution in [1.29, 1.82) is 0 Å². The molecular weight excluding hydrogens is 221 g/mol. The standard InChI is InChI=1S/C12H16FN3O/c1-16-7-6-14-12(16)15-8-11(17)9-4-2-3-5-10(9)13/h2-5,11,17H,6-8H2,1H3,(H,14,15). The molecule has 1 aliphatic heterocycles. The second-order valence-corrected chi connectivity index (χ2v) is 4.05. The minimum atomic E-state index is -0.868. The van der Waals surface area contributed by atoms with Crippen molar-refractivity contribution in [1.82, 2.24) is 10.2 Å². The highest BCUT2D eigenvalue weighted by atomic mass is 19.1. The third-order valence-electron chi connectivity index (χ3n) is 2.78. The van der Waals surface area contributed by atoms with Crippen LogP contribution >= 0.6 is 0 Å². The van der Waals surface area contributed by atoms with Crippen LogP contribution in [0.25, 0.3) is 0 Å². The molecule has 1 unspecified atom stereocenters. The molecule has 0 saturated heterocycles. The second kappa shape index (κ2) is 5.14. The Hall–Kier alpha value is -1.62. The fourth-order valence-corrected chi connectivity index (χ4v) is 1.77. The van der Waals surface area contributed by atoms with Crippen molar-refractivity contribution in [2.45, 2.75) is 6.10 Å². The van der Waals surface area contributed by atoms with Gasteiger partial charge in [-0.3, -0.25) is 4.99 Å². The second-order valence-electron chi connectivity index (χ2n) is 4.05. The number of likely N-dealkylation sites (N-methyl/N-ethyl adjacent to an activating group) is 1. The van der Waals surface area contributed by atoms with E-state index in [0.717, 1.165) is 19.0 Å². The monoisotopic (exact) mass is 237 g/mol. The molecule has 2 rings (SSSR count). The maximum absolute atomic E-state index is 13.4. The van der Waals surface area contributed by atoms with Gasteiger partial charge in [-0.05, 0) is 6.07 Å². The van der Waals surface area contributed by atoms with Gasteiger partial charge in [0.05, 0.1) is 12.6 Å². The Bertz CT molecular complexity index is 422. The molecule has 0 aliphatic carbocycles. The van der Waals surface area contributed by atoms with Crippen molar-refractivity contribution in [3.63, 3.8) is 0 Å². The number of halogens is 1. The number of hydrogen-bond acceptors (Lipinski definition) is 4. The fourth-order valence-electron chi connectivity index (χ4n) is 1.77. The lowest BCUT2D eigenvalue weighted by Gasteiger charge is -2.18. The van der Waals surface area contributed by atoms with Gasteiger partial charge in [-0.25, -0.2) is 4.39 Å². The van der Waals surface area contributed by atoms with Gasteiger partial charge in [0.2, 0.25) is 0 Å². The van der Waals surface area contributed by atoms with Crippen LogP contribution in [-0.4, -0.2) is 42.6 Å². The molecule has 0 spiro atoms. The smallest absolute Gasteiger partial charge is 0.193 e. The molecule has 2 N–H and O–H groups in total. The summed E-state index contributed by atoms with van der Waals surface area (Å²) in [6, 6.07) is 6.24. The predicted octanol–water partition coefficient (Wildman–Crippen LogP) is 0.750. The van der Waals surface area contributed by atoms with Gasteiger partial charge in [-0.15, -0.1) is 0 Å².